The van der Waals surface area contributed by atoms with Crippen molar-refractivity contribution in [2.24, 2.45) is 0 Å². The van der Waals surface area contributed by atoms with Crippen molar-refractivity contribution in [1.82, 2.24) is 35.1 Å². The molecule has 0 aliphatic carbocycles. The number of aryl methyl sites for hydroxylation is 1. The molecule has 0 saturated carbocycles. The monoisotopic (exact) mass is 315 g/mol. The lowest BCUT2D eigenvalue weighted by Gasteiger charge is -2.16. The van der Waals surface area contributed by atoms with E-state index >= 15 is 0 Å². The highest BCUT2D eigenvalue weighted by Gasteiger charge is 2.23. The number of tetrazole rings is 1. The van der Waals surface area contributed by atoms with Gasteiger partial charge in [-0.3, -0.25) is 4.79 Å². The van der Waals surface area contributed by atoms with E-state index in [-0.39, 0.29) is 5.91 Å². The Hall–Kier alpha value is -2.68. The number of carbonyl (C=O) groups excluding carboxylic acids is 1. The molecule has 0 aliphatic heterocycles. The molecule has 0 radical (unpaired) electrons. The second-order valence-electron chi connectivity index (χ2n) is 4.60. The van der Waals surface area contributed by atoms with Crippen LogP contribution in [0.4, 0.5) is 0 Å². The number of nitrogens with zero attached hydrogens (tertiary/aromatic N) is 6. The molecule has 3 aromatic rings. The molecule has 3 rings (SSSR count). The number of benzene rings is 1. The molecule has 0 aliphatic rings. The van der Waals surface area contributed by atoms with E-state index in [0.29, 0.717) is 6.54 Å². The van der Waals surface area contributed by atoms with Crippen LogP contribution >= 0.6 is 11.5 Å². The van der Waals surface area contributed by atoms with E-state index in [9.17, 15) is 4.79 Å². The van der Waals surface area contributed by atoms with Gasteiger partial charge in [0.15, 0.2) is 6.04 Å². The third kappa shape index (κ3) is 2.98. The Balaban J connectivity index is 1.80. The number of carbonyl (C=O) groups is 1. The first kappa shape index (κ1) is 14.3. The van der Waals surface area contributed by atoms with Crippen LogP contribution in [-0.2, 0) is 11.3 Å². The number of hydrogen-bond donors (Lipinski definition) is 1. The molecule has 22 heavy (non-hydrogen) atoms. The van der Waals surface area contributed by atoms with Crippen molar-refractivity contribution in [3.05, 3.63) is 52.8 Å². The first-order valence-corrected chi connectivity index (χ1v) is 7.36. The molecule has 0 unspecified atom stereocenters. The van der Waals surface area contributed by atoms with E-state index in [0.717, 1.165) is 16.1 Å². The van der Waals surface area contributed by atoms with E-state index in [2.05, 4.69) is 30.4 Å². The van der Waals surface area contributed by atoms with Crippen LogP contribution in [0.2, 0.25) is 0 Å². The highest BCUT2D eigenvalue weighted by atomic mass is 32.1. The van der Waals surface area contributed by atoms with Crippen LogP contribution in [0.1, 0.15) is 22.2 Å². The Kier molecular flexibility index (Phi) is 4.15. The lowest BCUT2D eigenvalue weighted by molar-refractivity contribution is -0.123. The predicted octanol–water partition coefficient (Wildman–Crippen LogP) is 0.739. The minimum Gasteiger partial charge on any atom is -0.349 e. The smallest absolute Gasteiger partial charge is 0.249 e. The standard InChI is InChI=1S/C13H13N7OS/c1-9-11(22-19-16-9)7-14-13(21)12(20-8-15-17-18-20)10-5-3-2-4-6-10/h2-6,8,12H,7H2,1H3,(H,14,21)/t12-/m0/s1. The molecular weight excluding hydrogens is 302 g/mol. The maximum Gasteiger partial charge on any atom is 0.249 e. The fourth-order valence-electron chi connectivity index (χ4n) is 2.02. The predicted molar refractivity (Wildman–Crippen MR) is 78.9 cm³/mol. The van der Waals surface area contributed by atoms with Crippen molar-refractivity contribution in [2.75, 3.05) is 0 Å². The van der Waals surface area contributed by atoms with E-state index in [1.54, 1.807) is 0 Å². The van der Waals surface area contributed by atoms with Crippen molar-refractivity contribution in [2.45, 2.75) is 19.5 Å². The lowest BCUT2D eigenvalue weighted by atomic mass is 10.1. The Labute approximate surface area is 130 Å². The van der Waals surface area contributed by atoms with Crippen LogP contribution in [0.15, 0.2) is 36.7 Å². The summed E-state index contributed by atoms with van der Waals surface area (Å²) in [5, 5.41) is 17.9. The Morgan fingerprint density at radius 1 is 1.36 bits per heavy atom. The van der Waals surface area contributed by atoms with Crippen molar-refractivity contribution < 1.29 is 4.79 Å². The number of rotatable bonds is 5. The minimum absolute atomic E-state index is 0.189. The number of hydrogen-bond acceptors (Lipinski definition) is 7. The highest BCUT2D eigenvalue weighted by molar-refractivity contribution is 7.05. The Morgan fingerprint density at radius 2 is 2.18 bits per heavy atom. The fraction of sp³-hybridized carbons (Fsp3) is 0.231. The third-order valence-corrected chi connectivity index (χ3v) is 3.99. The molecule has 1 aromatic carbocycles. The summed E-state index contributed by atoms with van der Waals surface area (Å²) in [6.45, 7) is 2.24. The quantitative estimate of drug-likeness (QED) is 0.745. The Morgan fingerprint density at radius 3 is 2.82 bits per heavy atom. The lowest BCUT2D eigenvalue weighted by Crippen LogP contribution is -2.33. The van der Waals surface area contributed by atoms with Crippen molar-refractivity contribution in [3.63, 3.8) is 0 Å². The minimum atomic E-state index is -0.614. The van der Waals surface area contributed by atoms with Crippen LogP contribution < -0.4 is 5.32 Å². The van der Waals surface area contributed by atoms with Gasteiger partial charge in [0.1, 0.15) is 6.33 Å². The zero-order valence-corrected chi connectivity index (χ0v) is 12.6. The molecule has 0 fully saturated rings. The second kappa shape index (κ2) is 6.39. The van der Waals surface area contributed by atoms with Crippen molar-refractivity contribution in [3.8, 4) is 0 Å². The summed E-state index contributed by atoms with van der Waals surface area (Å²) >= 11 is 1.27. The van der Waals surface area contributed by atoms with Crippen molar-refractivity contribution >= 4 is 17.4 Å². The zero-order valence-electron chi connectivity index (χ0n) is 11.7. The van der Waals surface area contributed by atoms with Crippen LogP contribution in [0.5, 0.6) is 0 Å². The fourth-order valence-corrected chi connectivity index (χ4v) is 2.59. The van der Waals surface area contributed by atoms with Gasteiger partial charge in [-0.15, -0.1) is 10.2 Å². The molecule has 2 aromatic heterocycles. The first-order chi connectivity index (χ1) is 10.8. The average molecular weight is 315 g/mol. The molecule has 8 nitrogen and oxygen atoms in total. The van der Waals surface area contributed by atoms with Gasteiger partial charge in [0, 0.05) is 0 Å². The maximum absolute atomic E-state index is 12.6. The van der Waals surface area contributed by atoms with Crippen LogP contribution in [-0.4, -0.2) is 35.7 Å². The van der Waals surface area contributed by atoms with Gasteiger partial charge in [-0.05, 0) is 34.4 Å². The number of amides is 1. The van der Waals surface area contributed by atoms with Crippen LogP contribution in [0.25, 0.3) is 0 Å². The summed E-state index contributed by atoms with van der Waals surface area (Å²) < 4.78 is 5.29. The average Bonchev–Trinajstić information content (AvgIpc) is 3.19. The molecule has 1 atom stereocenters. The normalized spacial score (nSPS) is 12.0. The van der Waals surface area contributed by atoms with Crippen LogP contribution in [0.3, 0.4) is 0 Å². The van der Waals surface area contributed by atoms with Gasteiger partial charge in [-0.2, -0.15) is 0 Å². The molecule has 0 spiro atoms. The molecule has 2 heterocycles. The van der Waals surface area contributed by atoms with E-state index in [1.165, 1.54) is 22.5 Å². The second-order valence-corrected chi connectivity index (χ2v) is 5.44. The SMILES string of the molecule is Cc1nnsc1CNC(=O)[C@H](c1ccccc1)n1cnnn1. The first-order valence-electron chi connectivity index (χ1n) is 6.58. The summed E-state index contributed by atoms with van der Waals surface area (Å²) in [4.78, 5) is 13.5. The molecular formula is C13H13N7OS. The maximum atomic E-state index is 12.6. The summed E-state index contributed by atoms with van der Waals surface area (Å²) in [7, 11) is 0. The van der Waals surface area contributed by atoms with Gasteiger partial charge in [0.2, 0.25) is 5.91 Å². The summed E-state index contributed by atoms with van der Waals surface area (Å²) in [5.74, 6) is -0.189. The molecule has 112 valence electrons. The molecule has 1 N–H and O–H groups in total. The Bertz CT molecular complexity index is 741. The summed E-state index contributed by atoms with van der Waals surface area (Å²) in [6, 6.07) is 8.76. The van der Waals surface area contributed by atoms with Gasteiger partial charge in [0.25, 0.3) is 0 Å². The number of nitrogens with one attached hydrogen (secondary N) is 1. The van der Waals surface area contributed by atoms with E-state index < -0.39 is 6.04 Å². The van der Waals surface area contributed by atoms with Gasteiger partial charge in [-0.25, -0.2) is 4.68 Å². The largest absolute Gasteiger partial charge is 0.349 e. The van der Waals surface area contributed by atoms with Gasteiger partial charge in [0.05, 0.1) is 17.1 Å². The summed E-state index contributed by atoms with van der Waals surface area (Å²) in [5.41, 5.74) is 1.63. The zero-order chi connectivity index (χ0) is 15.4. The molecule has 9 heteroatoms. The van der Waals surface area contributed by atoms with Crippen LogP contribution in [0, 0.1) is 6.92 Å². The van der Waals surface area contributed by atoms with E-state index in [1.807, 2.05) is 37.3 Å². The van der Waals surface area contributed by atoms with Crippen molar-refractivity contribution in [1.29, 1.82) is 0 Å². The van der Waals surface area contributed by atoms with Gasteiger partial charge in [-0.1, -0.05) is 34.8 Å². The summed E-state index contributed by atoms with van der Waals surface area (Å²) in [6.07, 6.45) is 1.43. The molecule has 0 saturated heterocycles. The third-order valence-electron chi connectivity index (χ3n) is 3.16. The van der Waals surface area contributed by atoms with Gasteiger partial charge >= 0.3 is 0 Å². The van der Waals surface area contributed by atoms with Gasteiger partial charge < -0.3 is 5.32 Å². The molecule has 1 amide bonds. The molecule has 0 bridgehead atoms. The topological polar surface area (TPSA) is 98.5 Å². The van der Waals surface area contributed by atoms with E-state index in [4.69, 9.17) is 0 Å². The number of aromatic nitrogens is 6. The highest BCUT2D eigenvalue weighted by Crippen LogP contribution is 2.17.